The van der Waals surface area contributed by atoms with Gasteiger partial charge in [-0.2, -0.15) is 0 Å². The van der Waals surface area contributed by atoms with E-state index < -0.39 is 12.1 Å². The minimum absolute atomic E-state index is 0.0505. The van der Waals surface area contributed by atoms with Crippen LogP contribution >= 0.6 is 0 Å². The van der Waals surface area contributed by atoms with E-state index in [-0.39, 0.29) is 18.6 Å². The zero-order valence-corrected chi connectivity index (χ0v) is 12.4. The monoisotopic (exact) mass is 308 g/mol. The Labute approximate surface area is 128 Å². The molecule has 1 fully saturated rings. The highest BCUT2D eigenvalue weighted by atomic mass is 16.6. The molecular formula is C15H20N2O5. The number of rotatable bonds is 6. The van der Waals surface area contributed by atoms with Gasteiger partial charge in [0.05, 0.1) is 13.2 Å². The summed E-state index contributed by atoms with van der Waals surface area (Å²) in [7, 11) is 1.29. The number of methoxy groups -OCH3 is 1. The molecule has 0 radical (unpaired) electrons. The Morgan fingerprint density at radius 3 is 2.91 bits per heavy atom. The highest BCUT2D eigenvalue weighted by Crippen LogP contribution is 2.22. The van der Waals surface area contributed by atoms with Crippen LogP contribution in [0.3, 0.4) is 0 Å². The molecular weight excluding hydrogens is 288 g/mol. The van der Waals surface area contributed by atoms with Crippen molar-refractivity contribution in [1.82, 2.24) is 0 Å². The third-order valence-electron chi connectivity index (χ3n) is 3.35. The van der Waals surface area contributed by atoms with Gasteiger partial charge in [-0.25, -0.2) is 4.79 Å². The summed E-state index contributed by atoms with van der Waals surface area (Å²) < 4.78 is 15.3. The van der Waals surface area contributed by atoms with Crippen molar-refractivity contribution < 1.29 is 23.8 Å². The predicted molar refractivity (Wildman–Crippen MR) is 79.5 cm³/mol. The predicted octanol–water partition coefficient (Wildman–Crippen LogP) is 0.683. The highest BCUT2D eigenvalue weighted by molar-refractivity contribution is 5.94. The van der Waals surface area contributed by atoms with Gasteiger partial charge in [0, 0.05) is 18.3 Å². The van der Waals surface area contributed by atoms with E-state index >= 15 is 0 Å². The molecule has 0 saturated carbocycles. The molecule has 1 aliphatic heterocycles. The molecule has 3 N–H and O–H groups in total. The fourth-order valence-electron chi connectivity index (χ4n) is 2.16. The van der Waals surface area contributed by atoms with Crippen molar-refractivity contribution in [2.24, 2.45) is 5.73 Å². The number of hydrogen-bond donors (Lipinski definition) is 2. The molecule has 22 heavy (non-hydrogen) atoms. The van der Waals surface area contributed by atoms with Crippen molar-refractivity contribution in [3.05, 3.63) is 24.3 Å². The molecule has 1 aromatic carbocycles. The van der Waals surface area contributed by atoms with Gasteiger partial charge in [-0.1, -0.05) is 6.07 Å². The molecule has 0 aliphatic carbocycles. The number of carbonyl (C=O) groups excluding carboxylic acids is 2. The molecule has 1 aromatic rings. The molecule has 1 aliphatic rings. The molecule has 2 rings (SSSR count). The normalized spacial score (nSPS) is 20.5. The van der Waals surface area contributed by atoms with E-state index in [2.05, 4.69) is 10.1 Å². The van der Waals surface area contributed by atoms with Crippen LogP contribution in [0.5, 0.6) is 5.75 Å². The van der Waals surface area contributed by atoms with E-state index in [0.29, 0.717) is 24.4 Å². The summed E-state index contributed by atoms with van der Waals surface area (Å²) in [6.07, 6.45) is 0.919. The van der Waals surface area contributed by atoms with Crippen molar-refractivity contribution >= 4 is 17.6 Å². The summed E-state index contributed by atoms with van der Waals surface area (Å²) in [5.41, 5.74) is 6.10. The van der Waals surface area contributed by atoms with Gasteiger partial charge < -0.3 is 25.3 Å². The Balaban J connectivity index is 1.90. The van der Waals surface area contributed by atoms with Crippen molar-refractivity contribution in [2.75, 3.05) is 25.6 Å². The summed E-state index contributed by atoms with van der Waals surface area (Å²) in [5, 5.41) is 2.77. The third kappa shape index (κ3) is 4.44. The first-order valence-corrected chi connectivity index (χ1v) is 7.08. The fraction of sp³-hybridized carbons (Fsp3) is 0.467. The van der Waals surface area contributed by atoms with Crippen LogP contribution in [0, 0.1) is 0 Å². The molecule has 1 amide bonds. The molecule has 7 heteroatoms. The molecule has 0 spiro atoms. The number of carbonyl (C=O) groups is 2. The van der Waals surface area contributed by atoms with E-state index in [1.807, 2.05) is 0 Å². The number of amides is 1. The summed E-state index contributed by atoms with van der Waals surface area (Å²) in [6, 6.07) is 6.78. The number of benzene rings is 1. The van der Waals surface area contributed by atoms with Gasteiger partial charge in [-0.15, -0.1) is 0 Å². The van der Waals surface area contributed by atoms with Gasteiger partial charge in [-0.3, -0.25) is 4.79 Å². The van der Waals surface area contributed by atoms with E-state index in [0.717, 1.165) is 6.42 Å². The van der Waals surface area contributed by atoms with Crippen LogP contribution in [0.4, 0.5) is 5.69 Å². The standard InChI is InChI=1S/C15H20N2O5/c1-20-14(18)9-21-11-4-2-3-10(7-11)17-15(19)13-6-5-12(8-16)22-13/h2-4,7,12-13H,5-6,8-9,16H2,1H3,(H,17,19)/t12-,13+/m1/s1. The Morgan fingerprint density at radius 2 is 2.23 bits per heavy atom. The van der Waals surface area contributed by atoms with Crippen molar-refractivity contribution in [3.63, 3.8) is 0 Å². The van der Waals surface area contributed by atoms with Gasteiger partial charge in [-0.05, 0) is 25.0 Å². The van der Waals surface area contributed by atoms with E-state index in [1.54, 1.807) is 24.3 Å². The van der Waals surface area contributed by atoms with Gasteiger partial charge in [0.25, 0.3) is 5.91 Å². The zero-order chi connectivity index (χ0) is 15.9. The molecule has 0 aromatic heterocycles. The number of nitrogens with two attached hydrogens (primary N) is 1. The van der Waals surface area contributed by atoms with E-state index in [9.17, 15) is 9.59 Å². The summed E-state index contributed by atoms with van der Waals surface area (Å²) >= 11 is 0. The molecule has 0 bridgehead atoms. The summed E-state index contributed by atoms with van der Waals surface area (Å²) in [5.74, 6) is -0.210. The van der Waals surface area contributed by atoms with Crippen LogP contribution in [0.2, 0.25) is 0 Å². The Hall–Kier alpha value is -2.12. The smallest absolute Gasteiger partial charge is 0.343 e. The maximum atomic E-state index is 12.1. The average Bonchev–Trinajstić information content (AvgIpc) is 3.02. The van der Waals surface area contributed by atoms with Crippen LogP contribution in [-0.4, -0.2) is 44.3 Å². The molecule has 0 unspecified atom stereocenters. The average molecular weight is 308 g/mol. The Kier molecular flexibility index (Phi) is 5.74. The fourth-order valence-corrected chi connectivity index (χ4v) is 2.16. The molecule has 120 valence electrons. The molecule has 2 atom stereocenters. The minimum atomic E-state index is -0.479. The van der Waals surface area contributed by atoms with Crippen LogP contribution in [0.1, 0.15) is 12.8 Å². The molecule has 1 saturated heterocycles. The van der Waals surface area contributed by atoms with E-state index in [4.69, 9.17) is 15.2 Å². The number of esters is 1. The van der Waals surface area contributed by atoms with Gasteiger partial charge in [0.1, 0.15) is 11.9 Å². The Morgan fingerprint density at radius 1 is 1.41 bits per heavy atom. The van der Waals surface area contributed by atoms with Crippen molar-refractivity contribution in [1.29, 1.82) is 0 Å². The van der Waals surface area contributed by atoms with Crippen LogP contribution in [0.15, 0.2) is 24.3 Å². The minimum Gasteiger partial charge on any atom is -0.482 e. The second-order valence-corrected chi connectivity index (χ2v) is 4.94. The highest BCUT2D eigenvalue weighted by Gasteiger charge is 2.29. The first kappa shape index (κ1) is 16.3. The lowest BCUT2D eigenvalue weighted by Gasteiger charge is -2.13. The molecule has 7 nitrogen and oxygen atoms in total. The van der Waals surface area contributed by atoms with Crippen LogP contribution < -0.4 is 15.8 Å². The number of ether oxygens (including phenoxy) is 3. The zero-order valence-electron chi connectivity index (χ0n) is 12.4. The summed E-state index contributed by atoms with van der Waals surface area (Å²) in [6.45, 7) is 0.235. The van der Waals surface area contributed by atoms with Gasteiger partial charge >= 0.3 is 5.97 Å². The maximum absolute atomic E-state index is 12.1. The van der Waals surface area contributed by atoms with Crippen molar-refractivity contribution in [2.45, 2.75) is 25.0 Å². The van der Waals surface area contributed by atoms with Crippen molar-refractivity contribution in [3.8, 4) is 5.75 Å². The SMILES string of the molecule is COC(=O)COc1cccc(NC(=O)[C@@H]2CC[C@H](CN)O2)c1. The number of anilines is 1. The van der Waals surface area contributed by atoms with Crippen LogP contribution in [0.25, 0.3) is 0 Å². The number of hydrogen-bond acceptors (Lipinski definition) is 6. The maximum Gasteiger partial charge on any atom is 0.343 e. The lowest BCUT2D eigenvalue weighted by Crippen LogP contribution is -2.29. The lowest BCUT2D eigenvalue weighted by atomic mass is 10.2. The van der Waals surface area contributed by atoms with E-state index in [1.165, 1.54) is 7.11 Å². The number of nitrogens with one attached hydrogen (secondary N) is 1. The third-order valence-corrected chi connectivity index (χ3v) is 3.35. The molecule has 1 heterocycles. The quantitative estimate of drug-likeness (QED) is 0.750. The first-order valence-electron chi connectivity index (χ1n) is 7.08. The largest absolute Gasteiger partial charge is 0.482 e. The van der Waals surface area contributed by atoms with Crippen LogP contribution in [-0.2, 0) is 19.1 Å². The lowest BCUT2D eigenvalue weighted by molar-refractivity contribution is -0.142. The summed E-state index contributed by atoms with van der Waals surface area (Å²) in [4.78, 5) is 23.1. The topological polar surface area (TPSA) is 99.9 Å². The van der Waals surface area contributed by atoms with Gasteiger partial charge in [0.15, 0.2) is 6.61 Å². The first-order chi connectivity index (χ1) is 10.6. The second-order valence-electron chi connectivity index (χ2n) is 4.94. The Bertz CT molecular complexity index is 534. The second kappa shape index (κ2) is 7.77. The van der Waals surface area contributed by atoms with Gasteiger partial charge in [0.2, 0.25) is 0 Å².